The lowest BCUT2D eigenvalue weighted by Crippen LogP contribution is -2.12. The molecule has 0 aliphatic heterocycles. The number of amides is 1. The van der Waals surface area contributed by atoms with E-state index >= 15 is 0 Å². The average molecular weight is 480 g/mol. The van der Waals surface area contributed by atoms with Crippen molar-refractivity contribution in [1.82, 2.24) is 0 Å². The van der Waals surface area contributed by atoms with Crippen LogP contribution in [0.15, 0.2) is 40.9 Å². The minimum Gasteiger partial charge on any atom is -0.478 e. The van der Waals surface area contributed by atoms with Crippen LogP contribution in [-0.2, 0) is 0 Å². The highest BCUT2D eigenvalue weighted by Gasteiger charge is 2.11. The highest BCUT2D eigenvalue weighted by atomic mass is 127. The zero-order valence-corrected chi connectivity index (χ0v) is 14.9. The van der Waals surface area contributed by atoms with Crippen LogP contribution in [0, 0.1) is 3.57 Å². The molecule has 1 amide bonds. The van der Waals surface area contributed by atoms with E-state index in [2.05, 4.69) is 43.8 Å². The molecule has 0 fully saturated rings. The Morgan fingerprint density at radius 1 is 1.14 bits per heavy atom. The number of hydrogen-bond donors (Lipinski definition) is 2. The molecule has 0 saturated carbocycles. The van der Waals surface area contributed by atoms with E-state index in [1.165, 1.54) is 12.1 Å². The van der Waals surface area contributed by atoms with Gasteiger partial charge in [0.15, 0.2) is 0 Å². The summed E-state index contributed by atoms with van der Waals surface area (Å²) in [6.07, 6.45) is 0. The summed E-state index contributed by atoms with van der Waals surface area (Å²) in [6.45, 7) is 0. The number of rotatable bonds is 3. The molecule has 21 heavy (non-hydrogen) atoms. The number of carbonyl (C=O) groups excluding carboxylic acids is 1. The number of anilines is 1. The Kier molecular flexibility index (Phi) is 5.23. The summed E-state index contributed by atoms with van der Waals surface area (Å²) in [6, 6.07) is 9.42. The molecule has 0 spiro atoms. The van der Waals surface area contributed by atoms with E-state index in [9.17, 15) is 9.59 Å². The van der Waals surface area contributed by atoms with Crippen molar-refractivity contribution in [3.63, 3.8) is 0 Å². The molecule has 0 bridgehead atoms. The van der Waals surface area contributed by atoms with E-state index in [0.29, 0.717) is 20.7 Å². The van der Waals surface area contributed by atoms with Crippen LogP contribution in [0.4, 0.5) is 5.69 Å². The first-order valence-corrected chi connectivity index (χ1v) is 7.92. The van der Waals surface area contributed by atoms with E-state index in [0.717, 1.165) is 3.57 Å². The van der Waals surface area contributed by atoms with Gasteiger partial charge in [0, 0.05) is 19.3 Å². The molecule has 0 radical (unpaired) electrons. The number of hydrogen-bond acceptors (Lipinski definition) is 2. The van der Waals surface area contributed by atoms with Gasteiger partial charge in [-0.15, -0.1) is 0 Å². The molecular weight excluding hydrogens is 472 g/mol. The van der Waals surface area contributed by atoms with Gasteiger partial charge in [0.25, 0.3) is 5.91 Å². The van der Waals surface area contributed by atoms with Gasteiger partial charge in [0.1, 0.15) is 0 Å². The topological polar surface area (TPSA) is 66.4 Å². The van der Waals surface area contributed by atoms with Crippen LogP contribution in [0.5, 0.6) is 0 Å². The van der Waals surface area contributed by atoms with Gasteiger partial charge < -0.3 is 10.4 Å². The molecule has 0 unspecified atom stereocenters. The van der Waals surface area contributed by atoms with Crippen molar-refractivity contribution in [2.24, 2.45) is 0 Å². The Hall–Kier alpha value is -1.12. The molecule has 2 rings (SSSR count). The summed E-state index contributed by atoms with van der Waals surface area (Å²) in [7, 11) is 0. The van der Waals surface area contributed by atoms with E-state index in [1.54, 1.807) is 24.3 Å². The third-order valence-corrected chi connectivity index (χ3v) is 4.61. The smallest absolute Gasteiger partial charge is 0.335 e. The van der Waals surface area contributed by atoms with Gasteiger partial charge in [0.05, 0.1) is 10.6 Å². The van der Waals surface area contributed by atoms with Crippen molar-refractivity contribution in [3.05, 3.63) is 60.6 Å². The van der Waals surface area contributed by atoms with Crippen molar-refractivity contribution in [1.29, 1.82) is 0 Å². The summed E-state index contributed by atoms with van der Waals surface area (Å²) in [4.78, 5) is 23.1. The van der Waals surface area contributed by atoms with Gasteiger partial charge in [-0.1, -0.05) is 27.5 Å². The van der Waals surface area contributed by atoms with E-state index in [-0.39, 0.29) is 11.5 Å². The second-order valence-electron chi connectivity index (χ2n) is 4.12. The molecule has 7 heteroatoms. The molecule has 4 nitrogen and oxygen atoms in total. The fourth-order valence-corrected chi connectivity index (χ4v) is 2.64. The lowest BCUT2D eigenvalue weighted by Gasteiger charge is -2.08. The average Bonchev–Trinajstić information content (AvgIpc) is 2.41. The fourth-order valence-electron chi connectivity index (χ4n) is 1.63. The van der Waals surface area contributed by atoms with Gasteiger partial charge in [-0.3, -0.25) is 4.79 Å². The van der Waals surface area contributed by atoms with E-state index < -0.39 is 5.97 Å². The van der Waals surface area contributed by atoms with Gasteiger partial charge in [-0.05, 0) is 59.0 Å². The van der Waals surface area contributed by atoms with Crippen LogP contribution in [0.2, 0.25) is 5.02 Å². The lowest BCUT2D eigenvalue weighted by atomic mass is 10.1. The number of halogens is 3. The van der Waals surface area contributed by atoms with Crippen molar-refractivity contribution in [2.45, 2.75) is 0 Å². The molecule has 0 heterocycles. The van der Waals surface area contributed by atoms with Gasteiger partial charge in [-0.25, -0.2) is 4.79 Å². The summed E-state index contributed by atoms with van der Waals surface area (Å²) in [5.74, 6) is -1.42. The second-order valence-corrected chi connectivity index (χ2v) is 6.60. The monoisotopic (exact) mass is 479 g/mol. The quantitative estimate of drug-likeness (QED) is 0.629. The van der Waals surface area contributed by atoms with Crippen molar-refractivity contribution in [2.75, 3.05) is 5.32 Å². The van der Waals surface area contributed by atoms with E-state index in [1.807, 2.05) is 0 Å². The molecule has 0 atom stereocenters. The van der Waals surface area contributed by atoms with Crippen LogP contribution in [0.25, 0.3) is 0 Å². The fraction of sp³-hybridized carbons (Fsp3) is 0. The third kappa shape index (κ3) is 4.18. The number of nitrogens with one attached hydrogen (secondary N) is 1. The SMILES string of the molecule is O=C(O)c1cc(Br)cc(NC(=O)c2ccc(I)c(Cl)c2)c1. The standard InChI is InChI=1S/C14H8BrClINO3/c15-9-3-8(14(20)21)4-10(6-9)18-13(19)7-1-2-12(17)11(16)5-7/h1-6H,(H,18,19)(H,20,21). The number of carboxylic acid groups (broad SMARTS) is 1. The van der Waals surface area contributed by atoms with Crippen molar-refractivity contribution < 1.29 is 14.7 Å². The highest BCUT2D eigenvalue weighted by Crippen LogP contribution is 2.22. The highest BCUT2D eigenvalue weighted by molar-refractivity contribution is 14.1. The Morgan fingerprint density at radius 2 is 1.86 bits per heavy atom. The van der Waals surface area contributed by atoms with Crippen LogP contribution in [0.1, 0.15) is 20.7 Å². The number of carboxylic acids is 1. The molecule has 0 saturated heterocycles. The summed E-state index contributed by atoms with van der Waals surface area (Å²) < 4.78 is 1.42. The van der Waals surface area contributed by atoms with Crippen LogP contribution in [0.3, 0.4) is 0 Å². The second kappa shape index (κ2) is 6.76. The molecule has 0 aliphatic carbocycles. The maximum absolute atomic E-state index is 12.1. The predicted octanol–water partition coefficient (Wildman–Crippen LogP) is 4.66. The minimum atomic E-state index is -1.07. The first-order valence-electron chi connectivity index (χ1n) is 5.67. The van der Waals surface area contributed by atoms with Crippen molar-refractivity contribution in [3.8, 4) is 0 Å². The first-order chi connectivity index (χ1) is 9.86. The summed E-state index contributed by atoms with van der Waals surface area (Å²) in [5.41, 5.74) is 0.874. The normalized spacial score (nSPS) is 10.2. The molecule has 0 aromatic heterocycles. The first kappa shape index (κ1) is 16.3. The Morgan fingerprint density at radius 3 is 2.48 bits per heavy atom. The number of benzene rings is 2. The van der Waals surface area contributed by atoms with Gasteiger partial charge in [-0.2, -0.15) is 0 Å². The molecule has 2 aromatic rings. The predicted molar refractivity (Wildman–Crippen MR) is 93.2 cm³/mol. The summed E-state index contributed by atoms with van der Waals surface area (Å²) >= 11 is 11.3. The molecular formula is C14H8BrClINO3. The minimum absolute atomic E-state index is 0.0836. The zero-order chi connectivity index (χ0) is 15.6. The molecule has 108 valence electrons. The Balaban J connectivity index is 2.27. The molecule has 2 aromatic carbocycles. The molecule has 0 aliphatic rings. The molecule has 2 N–H and O–H groups in total. The van der Waals surface area contributed by atoms with Gasteiger partial charge >= 0.3 is 5.97 Å². The van der Waals surface area contributed by atoms with Crippen LogP contribution in [-0.4, -0.2) is 17.0 Å². The van der Waals surface area contributed by atoms with Crippen LogP contribution >= 0.6 is 50.1 Å². The Labute approximate surface area is 147 Å². The Bertz CT molecular complexity index is 736. The van der Waals surface area contributed by atoms with Crippen LogP contribution < -0.4 is 5.32 Å². The maximum atomic E-state index is 12.1. The maximum Gasteiger partial charge on any atom is 0.335 e. The number of aromatic carboxylic acids is 1. The third-order valence-electron chi connectivity index (χ3n) is 2.58. The summed E-state index contributed by atoms with van der Waals surface area (Å²) in [5, 5.41) is 12.1. The van der Waals surface area contributed by atoms with Crippen molar-refractivity contribution >= 4 is 67.7 Å². The van der Waals surface area contributed by atoms with Gasteiger partial charge in [0.2, 0.25) is 0 Å². The zero-order valence-electron chi connectivity index (χ0n) is 10.4. The lowest BCUT2D eigenvalue weighted by molar-refractivity contribution is 0.0696. The van der Waals surface area contributed by atoms with E-state index in [4.69, 9.17) is 16.7 Å². The number of carbonyl (C=O) groups is 2. The largest absolute Gasteiger partial charge is 0.478 e.